The zero-order valence-corrected chi connectivity index (χ0v) is 11.8. The van der Waals surface area contributed by atoms with Crippen LogP contribution in [0, 0.1) is 5.41 Å². The molecule has 5 nitrogen and oxygen atoms in total. The fourth-order valence-electron chi connectivity index (χ4n) is 1.16. The highest BCUT2D eigenvalue weighted by atomic mass is 32.1. The molecule has 98 valence electrons. The lowest BCUT2D eigenvalue weighted by atomic mass is 9.97. The molecule has 0 saturated carbocycles. The molecule has 1 rings (SSSR count). The van der Waals surface area contributed by atoms with Gasteiger partial charge in [0.15, 0.2) is 0 Å². The van der Waals surface area contributed by atoms with Gasteiger partial charge in [-0.25, -0.2) is 0 Å². The first-order valence-corrected chi connectivity index (χ1v) is 7.01. The Kier molecular flexibility index (Phi) is 5.92. The Morgan fingerprint density at radius 3 is 3.00 bits per heavy atom. The fraction of sp³-hybridized carbons (Fsp3) is 0.800. The molecule has 1 saturated heterocycles. The van der Waals surface area contributed by atoms with Crippen LogP contribution in [-0.2, 0) is 9.26 Å². The number of thiocarbonyl (C=S) groups is 1. The van der Waals surface area contributed by atoms with Crippen LogP contribution < -0.4 is 4.89 Å². The number of ether oxygens (including phenoxy) is 1. The van der Waals surface area contributed by atoms with Gasteiger partial charge in [-0.3, -0.25) is 0 Å². The van der Waals surface area contributed by atoms with Gasteiger partial charge in [-0.1, -0.05) is 26.1 Å². The molecule has 0 aromatic heterocycles. The molecule has 0 radical (unpaired) electrons. The lowest BCUT2D eigenvalue weighted by Crippen LogP contribution is -2.41. The van der Waals surface area contributed by atoms with Crippen molar-refractivity contribution in [3.63, 3.8) is 0 Å². The molecule has 1 heterocycles. The predicted molar refractivity (Wildman–Crippen MR) is 69.9 cm³/mol. The summed E-state index contributed by atoms with van der Waals surface area (Å²) in [6, 6.07) is 0. The maximum absolute atomic E-state index is 11.9. The van der Waals surface area contributed by atoms with Crippen molar-refractivity contribution in [1.29, 1.82) is 0 Å². The number of hydrogen-bond acceptors (Lipinski definition) is 5. The molecule has 0 amide bonds. The number of rotatable bonds is 5. The first-order valence-electron chi connectivity index (χ1n) is 5.37. The van der Waals surface area contributed by atoms with E-state index in [1.807, 2.05) is 13.8 Å². The van der Waals surface area contributed by atoms with Crippen LogP contribution in [0.1, 0.15) is 13.8 Å². The molecular weight excluding hydrogens is 261 g/mol. The van der Waals surface area contributed by atoms with E-state index in [0.29, 0.717) is 18.6 Å². The van der Waals surface area contributed by atoms with Crippen LogP contribution in [-0.4, -0.2) is 53.9 Å². The van der Waals surface area contributed by atoms with Crippen LogP contribution in [0.15, 0.2) is 0 Å². The number of aliphatic hydroxyl groups excluding tert-OH is 1. The van der Waals surface area contributed by atoms with Crippen molar-refractivity contribution in [2.24, 2.45) is 5.41 Å². The lowest BCUT2D eigenvalue weighted by Gasteiger charge is -2.25. The van der Waals surface area contributed by atoms with Crippen LogP contribution in [0.2, 0.25) is 0 Å². The zero-order chi connectivity index (χ0) is 12.9. The highest BCUT2D eigenvalue weighted by Gasteiger charge is 2.26. The van der Waals surface area contributed by atoms with Crippen molar-refractivity contribution in [3.05, 3.63) is 0 Å². The van der Waals surface area contributed by atoms with Crippen LogP contribution in [0.4, 0.5) is 0 Å². The van der Waals surface area contributed by atoms with E-state index >= 15 is 0 Å². The van der Waals surface area contributed by atoms with Gasteiger partial charge in [0, 0.05) is 5.41 Å². The SMILES string of the molecule is CC(C)(CO)CO[P+]([O-])=C1COCCN1C=S. The van der Waals surface area contributed by atoms with Crippen molar-refractivity contribution < 1.29 is 19.3 Å². The molecule has 0 bridgehead atoms. The second kappa shape index (κ2) is 6.73. The van der Waals surface area contributed by atoms with Crippen LogP contribution in [0.25, 0.3) is 0 Å². The summed E-state index contributed by atoms with van der Waals surface area (Å²) in [6.45, 7) is 5.35. The first kappa shape index (κ1) is 15.0. The Morgan fingerprint density at radius 1 is 1.71 bits per heavy atom. The Balaban J connectivity index is 2.64. The van der Waals surface area contributed by atoms with Crippen molar-refractivity contribution in [2.45, 2.75) is 13.8 Å². The average molecular weight is 279 g/mol. The lowest BCUT2D eigenvalue weighted by molar-refractivity contribution is -0.175. The summed E-state index contributed by atoms with van der Waals surface area (Å²) >= 11 is 4.85. The van der Waals surface area contributed by atoms with Gasteiger partial charge in [0.05, 0.1) is 25.2 Å². The van der Waals surface area contributed by atoms with E-state index in [1.54, 1.807) is 4.90 Å². The second-order valence-electron chi connectivity index (χ2n) is 4.62. The molecule has 0 spiro atoms. The molecule has 7 heteroatoms. The molecule has 1 fully saturated rings. The number of nitrogens with zero attached hydrogens (tertiary/aromatic N) is 1. The molecular formula is C10H18NO4PS. The predicted octanol–water partition coefficient (Wildman–Crippen LogP) is 0.113. The van der Waals surface area contributed by atoms with E-state index in [2.05, 4.69) is 0 Å². The molecule has 17 heavy (non-hydrogen) atoms. The largest absolute Gasteiger partial charge is 0.601 e. The summed E-state index contributed by atoms with van der Waals surface area (Å²) in [7, 11) is -1.96. The molecule has 0 aliphatic carbocycles. The van der Waals surface area contributed by atoms with E-state index in [0.717, 1.165) is 0 Å². The summed E-state index contributed by atoms with van der Waals surface area (Å²) in [6.07, 6.45) is 0. The summed E-state index contributed by atoms with van der Waals surface area (Å²) in [4.78, 5) is 13.7. The molecule has 1 N–H and O–H groups in total. The molecule has 1 aliphatic heterocycles. The van der Waals surface area contributed by atoms with Gasteiger partial charge >= 0.3 is 0 Å². The number of aliphatic hydroxyl groups is 1. The van der Waals surface area contributed by atoms with Crippen LogP contribution >= 0.6 is 20.2 Å². The minimum absolute atomic E-state index is 0.0150. The molecule has 1 atom stereocenters. The minimum atomic E-state index is -1.96. The number of hydrogen-bond donors (Lipinski definition) is 1. The Hall–Kier alpha value is -0.100. The monoisotopic (exact) mass is 279 g/mol. The van der Waals surface area contributed by atoms with Gasteiger partial charge in [-0.2, -0.15) is 4.52 Å². The third-order valence-corrected chi connectivity index (χ3v) is 3.80. The first-order chi connectivity index (χ1) is 8.00. The van der Waals surface area contributed by atoms with E-state index < -0.39 is 13.4 Å². The average Bonchev–Trinajstić information content (AvgIpc) is 2.36. The van der Waals surface area contributed by atoms with Crippen molar-refractivity contribution in [1.82, 2.24) is 4.90 Å². The normalized spacial score (nSPS) is 20.4. The van der Waals surface area contributed by atoms with Gasteiger partial charge in [-0.15, -0.1) is 0 Å². The summed E-state index contributed by atoms with van der Waals surface area (Å²) < 4.78 is 10.5. The van der Waals surface area contributed by atoms with Gasteiger partial charge in [0.25, 0.3) is 0 Å². The van der Waals surface area contributed by atoms with Crippen molar-refractivity contribution >= 4 is 31.1 Å². The Bertz CT molecular complexity index is 309. The molecule has 0 aromatic rings. The van der Waals surface area contributed by atoms with Crippen LogP contribution in [0.5, 0.6) is 0 Å². The maximum Gasteiger partial charge on any atom is 0.247 e. The Labute approximate surface area is 108 Å². The molecule has 1 unspecified atom stereocenters. The maximum atomic E-state index is 11.9. The Morgan fingerprint density at radius 2 is 2.41 bits per heavy atom. The summed E-state index contributed by atoms with van der Waals surface area (Å²) in [5, 5.41) is 9.08. The fourth-order valence-corrected chi connectivity index (χ4v) is 2.65. The standard InChI is InChI=1S/C10H18NO4PS/c1-10(2,6-12)7-15-16(13)9-5-14-4-3-11(9)8-17/h8,12H,3-7H2,1-2H3. The number of morpholine rings is 1. The van der Waals surface area contributed by atoms with Gasteiger partial charge in [0.2, 0.25) is 13.4 Å². The van der Waals surface area contributed by atoms with Crippen molar-refractivity contribution in [3.8, 4) is 0 Å². The smallest absolute Gasteiger partial charge is 0.247 e. The van der Waals surface area contributed by atoms with Gasteiger partial charge in [-0.05, 0) is 0 Å². The highest BCUT2D eigenvalue weighted by molar-refractivity contribution is 7.78. The zero-order valence-electron chi connectivity index (χ0n) is 10.1. The molecule has 1 aliphatic rings. The summed E-state index contributed by atoms with van der Waals surface area (Å²) in [5.74, 6) is 0. The van der Waals surface area contributed by atoms with Gasteiger partial charge in [0.1, 0.15) is 13.2 Å². The second-order valence-corrected chi connectivity index (χ2v) is 6.12. The van der Waals surface area contributed by atoms with E-state index in [1.165, 1.54) is 5.49 Å². The van der Waals surface area contributed by atoms with E-state index in [9.17, 15) is 4.89 Å². The van der Waals surface area contributed by atoms with Gasteiger partial charge < -0.3 is 19.6 Å². The molecule has 0 aromatic carbocycles. The highest BCUT2D eigenvalue weighted by Crippen LogP contribution is 2.24. The quantitative estimate of drug-likeness (QED) is 0.569. The summed E-state index contributed by atoms with van der Waals surface area (Å²) in [5.41, 5.74) is 1.63. The van der Waals surface area contributed by atoms with Crippen molar-refractivity contribution in [2.75, 3.05) is 33.0 Å². The third-order valence-electron chi connectivity index (χ3n) is 2.38. The van der Waals surface area contributed by atoms with Crippen LogP contribution in [0.3, 0.4) is 0 Å². The van der Waals surface area contributed by atoms with E-state index in [-0.39, 0.29) is 19.8 Å². The van der Waals surface area contributed by atoms with E-state index in [4.69, 9.17) is 26.6 Å². The third kappa shape index (κ3) is 4.58. The topological polar surface area (TPSA) is 65.0 Å². The minimum Gasteiger partial charge on any atom is -0.601 e.